The van der Waals surface area contributed by atoms with Crippen molar-refractivity contribution in [2.45, 2.75) is 13.3 Å². The molecule has 0 bridgehead atoms. The maximum absolute atomic E-state index is 10.9. The van der Waals surface area contributed by atoms with Crippen LogP contribution in [0.2, 0.25) is 5.02 Å². The van der Waals surface area contributed by atoms with E-state index in [-0.39, 0.29) is 5.91 Å². The van der Waals surface area contributed by atoms with Crippen LogP contribution in [0.3, 0.4) is 0 Å². The van der Waals surface area contributed by atoms with Gasteiger partial charge in [-0.25, -0.2) is 0 Å². The lowest BCUT2D eigenvalue weighted by Crippen LogP contribution is -2.09. The molecule has 0 saturated heterocycles. The van der Waals surface area contributed by atoms with E-state index in [1.807, 2.05) is 6.07 Å². The predicted octanol–water partition coefficient (Wildman–Crippen LogP) is 2.06. The molecule has 0 spiro atoms. The first-order valence-corrected chi connectivity index (χ1v) is 5.52. The van der Waals surface area contributed by atoms with Gasteiger partial charge in [0.05, 0.1) is 10.7 Å². The molecule has 1 amide bonds. The maximum Gasteiger partial charge on any atom is 0.221 e. The Morgan fingerprint density at radius 1 is 1.50 bits per heavy atom. The van der Waals surface area contributed by atoms with Gasteiger partial charge in [0.15, 0.2) is 0 Å². The summed E-state index contributed by atoms with van der Waals surface area (Å²) >= 11 is 6.01. The molecule has 4 nitrogen and oxygen atoms in total. The molecule has 0 unspecified atom stereocenters. The largest absolute Gasteiger partial charge is 0.385 e. The fourth-order valence-electron chi connectivity index (χ4n) is 1.25. The molecule has 5 heteroatoms. The van der Waals surface area contributed by atoms with Crippen LogP contribution in [0.15, 0.2) is 18.2 Å². The Bertz CT molecular complexity index is 368. The number of amides is 1. The molecule has 1 aromatic carbocycles. The lowest BCUT2D eigenvalue weighted by atomic mass is 10.2. The average Bonchev–Trinajstić information content (AvgIpc) is 2.22. The van der Waals surface area contributed by atoms with E-state index in [1.165, 1.54) is 6.92 Å². The van der Waals surface area contributed by atoms with Gasteiger partial charge >= 0.3 is 0 Å². The van der Waals surface area contributed by atoms with Crippen molar-refractivity contribution in [2.24, 2.45) is 5.73 Å². The van der Waals surface area contributed by atoms with Gasteiger partial charge in [0.25, 0.3) is 0 Å². The summed E-state index contributed by atoms with van der Waals surface area (Å²) in [6.45, 7) is 2.92. The molecular weight excluding hydrogens is 226 g/mol. The topological polar surface area (TPSA) is 67.2 Å². The van der Waals surface area contributed by atoms with Crippen LogP contribution in [0.25, 0.3) is 0 Å². The Morgan fingerprint density at radius 2 is 2.25 bits per heavy atom. The van der Waals surface area contributed by atoms with E-state index < -0.39 is 0 Å². The first-order chi connectivity index (χ1) is 7.63. The second kappa shape index (κ2) is 6.35. The molecule has 1 aromatic rings. The zero-order chi connectivity index (χ0) is 12.0. The molecule has 0 atom stereocenters. The third-order valence-corrected chi connectivity index (χ3v) is 2.30. The van der Waals surface area contributed by atoms with Crippen molar-refractivity contribution >= 4 is 28.9 Å². The summed E-state index contributed by atoms with van der Waals surface area (Å²) in [5.74, 6) is -0.134. The number of nitrogens with one attached hydrogen (secondary N) is 2. The van der Waals surface area contributed by atoms with Gasteiger partial charge in [0.1, 0.15) is 0 Å². The van der Waals surface area contributed by atoms with Crippen molar-refractivity contribution in [3.63, 3.8) is 0 Å². The third kappa shape index (κ3) is 4.08. The molecule has 0 saturated carbocycles. The molecule has 0 aromatic heterocycles. The van der Waals surface area contributed by atoms with E-state index >= 15 is 0 Å². The van der Waals surface area contributed by atoms with Gasteiger partial charge in [0.2, 0.25) is 5.91 Å². The predicted molar refractivity (Wildman–Crippen MR) is 67.9 cm³/mol. The first kappa shape index (κ1) is 12.8. The van der Waals surface area contributed by atoms with Crippen LogP contribution in [-0.4, -0.2) is 19.0 Å². The van der Waals surface area contributed by atoms with Crippen LogP contribution in [0.5, 0.6) is 0 Å². The number of hydrogen-bond acceptors (Lipinski definition) is 3. The highest BCUT2D eigenvalue weighted by Crippen LogP contribution is 2.25. The van der Waals surface area contributed by atoms with Crippen molar-refractivity contribution in [1.82, 2.24) is 0 Å². The van der Waals surface area contributed by atoms with Crippen molar-refractivity contribution in [1.29, 1.82) is 0 Å². The van der Waals surface area contributed by atoms with Crippen LogP contribution in [-0.2, 0) is 4.79 Å². The maximum atomic E-state index is 10.9. The van der Waals surface area contributed by atoms with Crippen molar-refractivity contribution < 1.29 is 4.79 Å². The van der Waals surface area contributed by atoms with Gasteiger partial charge in [-0.1, -0.05) is 11.6 Å². The summed E-state index contributed by atoms with van der Waals surface area (Å²) in [4.78, 5) is 10.9. The fraction of sp³-hybridized carbons (Fsp3) is 0.364. The molecule has 0 heterocycles. The van der Waals surface area contributed by atoms with Gasteiger partial charge in [0, 0.05) is 19.2 Å². The van der Waals surface area contributed by atoms with Crippen LogP contribution >= 0.6 is 11.6 Å². The number of hydrogen-bond donors (Lipinski definition) is 3. The minimum absolute atomic E-state index is 0.134. The quantitative estimate of drug-likeness (QED) is 0.692. The lowest BCUT2D eigenvalue weighted by Gasteiger charge is -2.09. The van der Waals surface area contributed by atoms with E-state index in [0.717, 1.165) is 18.7 Å². The highest BCUT2D eigenvalue weighted by molar-refractivity contribution is 6.34. The average molecular weight is 242 g/mol. The summed E-state index contributed by atoms with van der Waals surface area (Å²) in [5.41, 5.74) is 6.94. The molecular formula is C11H16ClN3O. The molecule has 1 rings (SSSR count). The van der Waals surface area contributed by atoms with Crippen LogP contribution in [0.4, 0.5) is 11.4 Å². The monoisotopic (exact) mass is 241 g/mol. The second-order valence-electron chi connectivity index (χ2n) is 3.44. The standard InChI is InChI=1S/C11H16ClN3O/c1-8(16)15-11-4-3-9(7-10(11)12)14-6-2-5-13/h3-4,7,14H,2,5-6,13H2,1H3,(H,15,16). The van der Waals surface area contributed by atoms with Gasteiger partial charge in [-0.15, -0.1) is 0 Å². The summed E-state index contributed by atoms with van der Waals surface area (Å²) in [5, 5.41) is 6.36. The van der Waals surface area contributed by atoms with E-state index in [0.29, 0.717) is 17.3 Å². The van der Waals surface area contributed by atoms with Crippen LogP contribution < -0.4 is 16.4 Å². The number of benzene rings is 1. The molecule has 4 N–H and O–H groups in total. The normalized spacial score (nSPS) is 9.94. The van der Waals surface area contributed by atoms with Crippen LogP contribution in [0, 0.1) is 0 Å². The molecule has 88 valence electrons. The minimum Gasteiger partial charge on any atom is -0.385 e. The van der Waals surface area contributed by atoms with Gasteiger partial charge in [-0.2, -0.15) is 0 Å². The SMILES string of the molecule is CC(=O)Nc1ccc(NCCCN)cc1Cl. The smallest absolute Gasteiger partial charge is 0.221 e. The highest BCUT2D eigenvalue weighted by atomic mass is 35.5. The first-order valence-electron chi connectivity index (χ1n) is 5.14. The molecule has 0 aliphatic carbocycles. The number of rotatable bonds is 5. The van der Waals surface area contributed by atoms with Crippen molar-refractivity contribution in [2.75, 3.05) is 23.7 Å². The third-order valence-electron chi connectivity index (χ3n) is 1.99. The van der Waals surface area contributed by atoms with Gasteiger partial charge < -0.3 is 16.4 Å². The Labute approximate surface area is 100 Å². The minimum atomic E-state index is -0.134. The van der Waals surface area contributed by atoms with Crippen molar-refractivity contribution in [3.05, 3.63) is 23.2 Å². The summed E-state index contributed by atoms with van der Waals surface area (Å²) in [7, 11) is 0. The van der Waals surface area contributed by atoms with Crippen molar-refractivity contribution in [3.8, 4) is 0 Å². The van der Waals surface area contributed by atoms with Gasteiger partial charge in [-0.05, 0) is 31.2 Å². The zero-order valence-corrected chi connectivity index (χ0v) is 9.97. The Hall–Kier alpha value is -1.26. The van der Waals surface area contributed by atoms with E-state index in [4.69, 9.17) is 17.3 Å². The van der Waals surface area contributed by atoms with Crippen LogP contribution in [0.1, 0.15) is 13.3 Å². The van der Waals surface area contributed by atoms with Gasteiger partial charge in [-0.3, -0.25) is 4.79 Å². The highest BCUT2D eigenvalue weighted by Gasteiger charge is 2.02. The number of carbonyl (C=O) groups excluding carboxylic acids is 1. The molecule has 16 heavy (non-hydrogen) atoms. The summed E-state index contributed by atoms with van der Waals surface area (Å²) in [6.07, 6.45) is 0.908. The number of anilines is 2. The molecule has 0 fully saturated rings. The van der Waals surface area contributed by atoms with E-state index in [2.05, 4.69) is 10.6 Å². The Morgan fingerprint density at radius 3 is 2.81 bits per heavy atom. The number of carbonyl (C=O) groups is 1. The number of nitrogens with two attached hydrogens (primary N) is 1. The number of halogens is 1. The molecule has 0 radical (unpaired) electrons. The van der Waals surface area contributed by atoms with E-state index in [9.17, 15) is 4.79 Å². The summed E-state index contributed by atoms with van der Waals surface area (Å²) in [6, 6.07) is 5.42. The molecule has 0 aliphatic rings. The second-order valence-corrected chi connectivity index (χ2v) is 3.85. The zero-order valence-electron chi connectivity index (χ0n) is 9.22. The lowest BCUT2D eigenvalue weighted by molar-refractivity contribution is -0.114. The summed E-state index contributed by atoms with van der Waals surface area (Å²) < 4.78 is 0. The van der Waals surface area contributed by atoms with E-state index in [1.54, 1.807) is 12.1 Å². The Kier molecular flexibility index (Phi) is 5.08. The molecule has 0 aliphatic heterocycles. The Balaban J connectivity index is 2.63. The fourth-order valence-corrected chi connectivity index (χ4v) is 1.48.